The first kappa shape index (κ1) is 17.8. The SMILES string of the molecule is Cn1cc(-c2ccc3cnc(-c4ccnc(N5CCC(N)CC5)c4)cc3c2)cn1. The van der Waals surface area contributed by atoms with E-state index in [1.165, 1.54) is 5.39 Å². The van der Waals surface area contributed by atoms with Crippen LogP contribution in [-0.2, 0) is 7.05 Å². The Labute approximate surface area is 170 Å². The predicted octanol–water partition coefficient (Wildman–Crippen LogP) is 3.62. The molecule has 0 bridgehead atoms. The van der Waals surface area contributed by atoms with Crippen molar-refractivity contribution in [2.45, 2.75) is 18.9 Å². The fourth-order valence-electron chi connectivity index (χ4n) is 3.93. The summed E-state index contributed by atoms with van der Waals surface area (Å²) in [5.41, 5.74) is 10.3. The lowest BCUT2D eigenvalue weighted by molar-refractivity contribution is 0.499. The number of anilines is 1. The van der Waals surface area contributed by atoms with Crippen LogP contribution in [0.1, 0.15) is 12.8 Å². The molecule has 1 saturated heterocycles. The zero-order valence-corrected chi connectivity index (χ0v) is 16.5. The summed E-state index contributed by atoms with van der Waals surface area (Å²) >= 11 is 0. The van der Waals surface area contributed by atoms with Gasteiger partial charge in [-0.15, -0.1) is 0 Å². The molecular weight excluding hydrogens is 360 g/mol. The van der Waals surface area contributed by atoms with E-state index in [1.807, 2.05) is 42.6 Å². The third-order valence-corrected chi connectivity index (χ3v) is 5.66. The van der Waals surface area contributed by atoms with E-state index >= 15 is 0 Å². The van der Waals surface area contributed by atoms with Crippen molar-refractivity contribution in [2.24, 2.45) is 12.8 Å². The van der Waals surface area contributed by atoms with Crippen LogP contribution >= 0.6 is 0 Å². The monoisotopic (exact) mass is 384 g/mol. The Morgan fingerprint density at radius 3 is 2.55 bits per heavy atom. The third kappa shape index (κ3) is 3.59. The van der Waals surface area contributed by atoms with Crippen molar-refractivity contribution in [3.63, 3.8) is 0 Å². The zero-order chi connectivity index (χ0) is 19.8. The van der Waals surface area contributed by atoms with Crippen molar-refractivity contribution in [3.05, 3.63) is 61.2 Å². The van der Waals surface area contributed by atoms with Crippen molar-refractivity contribution in [1.29, 1.82) is 0 Å². The summed E-state index contributed by atoms with van der Waals surface area (Å²) in [6.07, 6.45) is 9.76. The number of nitrogens with zero attached hydrogens (tertiary/aromatic N) is 5. The molecule has 6 nitrogen and oxygen atoms in total. The van der Waals surface area contributed by atoms with Gasteiger partial charge in [-0.1, -0.05) is 12.1 Å². The van der Waals surface area contributed by atoms with Gasteiger partial charge in [0.1, 0.15) is 5.82 Å². The second-order valence-corrected chi connectivity index (χ2v) is 7.76. The second-order valence-electron chi connectivity index (χ2n) is 7.76. The Balaban J connectivity index is 1.49. The standard InChI is InChI=1S/C23H24N6/c1-28-15-20(14-27-28)16-2-3-18-13-26-22(11-19(18)10-16)17-4-7-25-23(12-17)29-8-5-21(24)6-9-29/h2-4,7,10-15,21H,5-6,8-9,24H2,1H3. The number of aryl methyl sites for hydroxylation is 1. The van der Waals surface area contributed by atoms with Crippen LogP contribution in [0.2, 0.25) is 0 Å². The highest BCUT2D eigenvalue weighted by Crippen LogP contribution is 2.28. The summed E-state index contributed by atoms with van der Waals surface area (Å²) in [6.45, 7) is 1.91. The molecule has 0 spiro atoms. The minimum atomic E-state index is 0.311. The van der Waals surface area contributed by atoms with E-state index in [0.717, 1.165) is 59.5 Å². The summed E-state index contributed by atoms with van der Waals surface area (Å²) in [4.78, 5) is 11.6. The number of fused-ring (bicyclic) bond motifs is 1. The highest BCUT2D eigenvalue weighted by molar-refractivity contribution is 5.89. The molecule has 0 atom stereocenters. The molecule has 0 unspecified atom stereocenters. The molecule has 1 aromatic carbocycles. The first-order chi connectivity index (χ1) is 14.2. The normalized spacial score (nSPS) is 15.2. The van der Waals surface area contributed by atoms with E-state index in [9.17, 15) is 0 Å². The highest BCUT2D eigenvalue weighted by Gasteiger charge is 2.17. The molecule has 5 rings (SSSR count). The largest absolute Gasteiger partial charge is 0.356 e. The van der Waals surface area contributed by atoms with Gasteiger partial charge < -0.3 is 10.6 Å². The molecule has 0 aliphatic carbocycles. The first-order valence-electron chi connectivity index (χ1n) is 10.0. The van der Waals surface area contributed by atoms with Crippen LogP contribution in [-0.4, -0.2) is 38.9 Å². The number of nitrogens with two attached hydrogens (primary N) is 1. The summed E-state index contributed by atoms with van der Waals surface area (Å²) < 4.78 is 1.82. The second kappa shape index (κ2) is 7.29. The average Bonchev–Trinajstić information content (AvgIpc) is 3.20. The van der Waals surface area contributed by atoms with Gasteiger partial charge in [-0.05, 0) is 48.1 Å². The molecule has 6 heteroatoms. The molecule has 4 aromatic rings. The number of pyridine rings is 2. The molecule has 2 N–H and O–H groups in total. The zero-order valence-electron chi connectivity index (χ0n) is 16.5. The van der Waals surface area contributed by atoms with Crippen LogP contribution in [0.15, 0.2) is 61.2 Å². The van der Waals surface area contributed by atoms with Crippen molar-refractivity contribution < 1.29 is 0 Å². The lowest BCUT2D eigenvalue weighted by Gasteiger charge is -2.31. The van der Waals surface area contributed by atoms with E-state index in [0.29, 0.717) is 6.04 Å². The van der Waals surface area contributed by atoms with E-state index < -0.39 is 0 Å². The molecule has 1 aliphatic heterocycles. The summed E-state index contributed by atoms with van der Waals surface area (Å²) in [5.74, 6) is 1.00. The Hall–Kier alpha value is -3.25. The number of hydrogen-bond donors (Lipinski definition) is 1. The van der Waals surface area contributed by atoms with E-state index in [2.05, 4.69) is 45.3 Å². The van der Waals surface area contributed by atoms with Crippen LogP contribution in [0.5, 0.6) is 0 Å². The summed E-state index contributed by atoms with van der Waals surface area (Å²) in [5, 5.41) is 6.57. The highest BCUT2D eigenvalue weighted by atomic mass is 15.2. The Morgan fingerprint density at radius 1 is 0.897 bits per heavy atom. The number of aromatic nitrogens is 4. The van der Waals surface area contributed by atoms with Crippen molar-refractivity contribution in [3.8, 4) is 22.4 Å². The van der Waals surface area contributed by atoms with Crippen molar-refractivity contribution >= 4 is 16.6 Å². The van der Waals surface area contributed by atoms with Gasteiger partial charge in [-0.3, -0.25) is 9.67 Å². The van der Waals surface area contributed by atoms with Gasteiger partial charge in [-0.2, -0.15) is 5.10 Å². The van der Waals surface area contributed by atoms with Gasteiger partial charge in [0.05, 0.1) is 11.9 Å². The first-order valence-corrected chi connectivity index (χ1v) is 10.0. The maximum absolute atomic E-state index is 6.04. The van der Waals surface area contributed by atoms with Gasteiger partial charge >= 0.3 is 0 Å². The van der Waals surface area contributed by atoms with Crippen LogP contribution in [0, 0.1) is 0 Å². The minimum Gasteiger partial charge on any atom is -0.356 e. The number of hydrogen-bond acceptors (Lipinski definition) is 5. The number of rotatable bonds is 3. The van der Waals surface area contributed by atoms with Gasteiger partial charge in [0, 0.05) is 61.3 Å². The van der Waals surface area contributed by atoms with Crippen LogP contribution in [0.25, 0.3) is 33.2 Å². The molecule has 0 amide bonds. The minimum absolute atomic E-state index is 0.311. The summed E-state index contributed by atoms with van der Waals surface area (Å²) in [6, 6.07) is 13.1. The maximum atomic E-state index is 6.04. The topological polar surface area (TPSA) is 72.9 Å². The number of piperidine rings is 1. The fraction of sp³-hybridized carbons (Fsp3) is 0.261. The van der Waals surface area contributed by atoms with Gasteiger partial charge in [0.2, 0.25) is 0 Å². The van der Waals surface area contributed by atoms with E-state index in [-0.39, 0.29) is 0 Å². The molecule has 29 heavy (non-hydrogen) atoms. The van der Waals surface area contributed by atoms with Crippen molar-refractivity contribution in [1.82, 2.24) is 19.7 Å². The Bertz CT molecular complexity index is 1160. The average molecular weight is 384 g/mol. The van der Waals surface area contributed by atoms with Crippen molar-refractivity contribution in [2.75, 3.05) is 18.0 Å². The van der Waals surface area contributed by atoms with Crippen LogP contribution in [0.4, 0.5) is 5.82 Å². The lowest BCUT2D eigenvalue weighted by atomic mass is 10.0. The molecule has 146 valence electrons. The maximum Gasteiger partial charge on any atom is 0.129 e. The quantitative estimate of drug-likeness (QED) is 0.584. The molecule has 0 radical (unpaired) electrons. The molecule has 1 aliphatic rings. The van der Waals surface area contributed by atoms with E-state index in [4.69, 9.17) is 10.7 Å². The predicted molar refractivity (Wildman–Crippen MR) is 117 cm³/mol. The number of benzene rings is 1. The third-order valence-electron chi connectivity index (χ3n) is 5.66. The lowest BCUT2D eigenvalue weighted by Crippen LogP contribution is -2.40. The van der Waals surface area contributed by atoms with Gasteiger partial charge in [0.15, 0.2) is 0 Å². The van der Waals surface area contributed by atoms with Crippen LogP contribution in [0.3, 0.4) is 0 Å². The Morgan fingerprint density at radius 2 is 1.76 bits per heavy atom. The molecule has 4 heterocycles. The molecule has 0 saturated carbocycles. The molecule has 3 aromatic heterocycles. The van der Waals surface area contributed by atoms with Gasteiger partial charge in [-0.25, -0.2) is 4.98 Å². The fourth-order valence-corrected chi connectivity index (χ4v) is 3.93. The molecule has 1 fully saturated rings. The van der Waals surface area contributed by atoms with Crippen LogP contribution < -0.4 is 10.6 Å². The smallest absolute Gasteiger partial charge is 0.129 e. The van der Waals surface area contributed by atoms with Gasteiger partial charge in [0.25, 0.3) is 0 Å². The Kier molecular flexibility index (Phi) is 4.48. The molecular formula is C23H24N6. The van der Waals surface area contributed by atoms with E-state index in [1.54, 1.807) is 0 Å². The summed E-state index contributed by atoms with van der Waals surface area (Å²) in [7, 11) is 1.93.